The van der Waals surface area contributed by atoms with Gasteiger partial charge in [0.05, 0.1) is 28.8 Å². The quantitative estimate of drug-likeness (QED) is 0.737. The summed E-state index contributed by atoms with van der Waals surface area (Å²) in [5, 5.41) is 3.43. The average molecular weight is 380 g/mol. The molecule has 25 heavy (non-hydrogen) atoms. The summed E-state index contributed by atoms with van der Waals surface area (Å²) in [6.07, 6.45) is 4.62. The molecule has 1 fully saturated rings. The molecule has 1 saturated carbocycles. The third kappa shape index (κ3) is 4.20. The Labute approximate surface area is 157 Å². The van der Waals surface area contributed by atoms with E-state index in [2.05, 4.69) is 5.32 Å². The maximum atomic E-state index is 12.5. The van der Waals surface area contributed by atoms with Gasteiger partial charge < -0.3 is 14.8 Å². The number of anilines is 1. The average Bonchev–Trinajstić information content (AvgIpc) is 3.08. The molecular formula is C19H19Cl2NO3. The fourth-order valence-electron chi connectivity index (χ4n) is 2.94. The first-order chi connectivity index (χ1) is 12.1. The van der Waals surface area contributed by atoms with Crippen molar-refractivity contribution in [1.82, 2.24) is 0 Å². The van der Waals surface area contributed by atoms with Crippen LogP contribution in [0.25, 0.3) is 0 Å². The molecule has 1 N–H and O–H groups in total. The molecule has 0 radical (unpaired) electrons. The number of rotatable bonds is 5. The fraction of sp³-hybridized carbons (Fsp3) is 0.316. The van der Waals surface area contributed by atoms with Crippen molar-refractivity contribution in [3.63, 3.8) is 0 Å². The van der Waals surface area contributed by atoms with Gasteiger partial charge in [-0.15, -0.1) is 0 Å². The van der Waals surface area contributed by atoms with E-state index in [9.17, 15) is 4.79 Å². The molecule has 2 aromatic carbocycles. The summed E-state index contributed by atoms with van der Waals surface area (Å²) < 4.78 is 11.4. The zero-order valence-electron chi connectivity index (χ0n) is 13.9. The van der Waals surface area contributed by atoms with Gasteiger partial charge in [0.25, 0.3) is 5.91 Å². The smallest absolute Gasteiger partial charge is 0.258 e. The molecule has 1 aliphatic rings. The number of methoxy groups -OCH3 is 1. The Balaban J connectivity index is 1.81. The maximum absolute atomic E-state index is 12.5. The Morgan fingerprint density at radius 1 is 1.08 bits per heavy atom. The van der Waals surface area contributed by atoms with Crippen molar-refractivity contribution >= 4 is 34.8 Å². The van der Waals surface area contributed by atoms with Gasteiger partial charge in [-0.05, 0) is 49.9 Å². The van der Waals surface area contributed by atoms with Crippen molar-refractivity contribution in [2.45, 2.75) is 31.8 Å². The van der Waals surface area contributed by atoms with Crippen LogP contribution in [0.2, 0.25) is 10.0 Å². The lowest BCUT2D eigenvalue weighted by molar-refractivity contribution is 0.102. The number of carbonyl (C=O) groups excluding carboxylic acids is 1. The molecule has 6 heteroatoms. The molecular weight excluding hydrogens is 361 g/mol. The maximum Gasteiger partial charge on any atom is 0.258 e. The second-order valence-corrected chi connectivity index (χ2v) is 6.76. The van der Waals surface area contributed by atoms with Crippen molar-refractivity contribution in [1.29, 1.82) is 0 Å². The number of carbonyl (C=O) groups is 1. The molecule has 0 saturated heterocycles. The number of ether oxygens (including phenoxy) is 2. The zero-order chi connectivity index (χ0) is 17.8. The van der Waals surface area contributed by atoms with Crippen LogP contribution >= 0.6 is 23.2 Å². The van der Waals surface area contributed by atoms with E-state index in [-0.39, 0.29) is 17.6 Å². The van der Waals surface area contributed by atoms with Gasteiger partial charge in [0, 0.05) is 11.8 Å². The van der Waals surface area contributed by atoms with Crippen LogP contribution in [0.1, 0.15) is 36.0 Å². The molecule has 3 rings (SSSR count). The minimum absolute atomic E-state index is 0.192. The van der Waals surface area contributed by atoms with Crippen LogP contribution in [0, 0.1) is 0 Å². The van der Waals surface area contributed by atoms with E-state index < -0.39 is 0 Å². The largest absolute Gasteiger partial charge is 0.493 e. The lowest BCUT2D eigenvalue weighted by Gasteiger charge is -2.17. The second-order valence-electron chi connectivity index (χ2n) is 5.94. The van der Waals surface area contributed by atoms with E-state index in [4.69, 9.17) is 32.7 Å². The van der Waals surface area contributed by atoms with Gasteiger partial charge in [0.15, 0.2) is 11.5 Å². The fourth-order valence-corrected chi connectivity index (χ4v) is 3.51. The number of halogens is 2. The molecule has 0 atom stereocenters. The van der Waals surface area contributed by atoms with Crippen molar-refractivity contribution in [2.24, 2.45) is 0 Å². The highest BCUT2D eigenvalue weighted by Gasteiger charge is 2.20. The molecule has 0 aromatic heterocycles. The lowest BCUT2D eigenvalue weighted by atomic mass is 10.2. The van der Waals surface area contributed by atoms with Crippen molar-refractivity contribution in [2.75, 3.05) is 12.4 Å². The molecule has 0 unspecified atom stereocenters. The molecule has 1 aliphatic carbocycles. The van der Waals surface area contributed by atoms with E-state index >= 15 is 0 Å². The van der Waals surface area contributed by atoms with Crippen LogP contribution in [-0.2, 0) is 0 Å². The number of hydrogen-bond acceptors (Lipinski definition) is 3. The van der Waals surface area contributed by atoms with E-state index in [1.807, 2.05) is 0 Å². The number of amides is 1. The minimum atomic E-state index is -0.368. The summed E-state index contributed by atoms with van der Waals surface area (Å²) in [6, 6.07) is 10.2. The van der Waals surface area contributed by atoms with Crippen molar-refractivity contribution in [3.8, 4) is 11.5 Å². The summed E-state index contributed by atoms with van der Waals surface area (Å²) >= 11 is 12.2. The molecule has 4 nitrogen and oxygen atoms in total. The monoisotopic (exact) mass is 379 g/mol. The van der Waals surface area contributed by atoms with Crippen LogP contribution in [-0.4, -0.2) is 19.1 Å². The van der Waals surface area contributed by atoms with Gasteiger partial charge in [-0.25, -0.2) is 0 Å². The predicted octanol–water partition coefficient (Wildman–Crippen LogP) is 5.58. The first-order valence-corrected chi connectivity index (χ1v) is 8.94. The second kappa shape index (κ2) is 7.98. The van der Waals surface area contributed by atoms with Gasteiger partial charge in [0.2, 0.25) is 0 Å². The highest BCUT2D eigenvalue weighted by atomic mass is 35.5. The van der Waals surface area contributed by atoms with Gasteiger partial charge in [0.1, 0.15) is 0 Å². The summed E-state index contributed by atoms with van der Waals surface area (Å²) in [6.45, 7) is 0. The molecule has 2 aromatic rings. The number of hydrogen-bond donors (Lipinski definition) is 1. The summed E-state index contributed by atoms with van der Waals surface area (Å²) in [5.74, 6) is 0.894. The number of benzene rings is 2. The summed E-state index contributed by atoms with van der Waals surface area (Å²) in [5.41, 5.74) is 0.842. The Kier molecular flexibility index (Phi) is 5.71. The van der Waals surface area contributed by atoms with Crippen LogP contribution in [0.5, 0.6) is 11.5 Å². The van der Waals surface area contributed by atoms with Crippen LogP contribution in [0.15, 0.2) is 36.4 Å². The van der Waals surface area contributed by atoms with Crippen LogP contribution in [0.4, 0.5) is 5.69 Å². The lowest BCUT2D eigenvalue weighted by Crippen LogP contribution is -2.14. The Bertz CT molecular complexity index is 753. The minimum Gasteiger partial charge on any atom is -0.493 e. The topological polar surface area (TPSA) is 47.6 Å². The Hall–Kier alpha value is -1.91. The Morgan fingerprint density at radius 2 is 1.76 bits per heavy atom. The van der Waals surface area contributed by atoms with Crippen LogP contribution in [0.3, 0.4) is 0 Å². The van der Waals surface area contributed by atoms with Crippen LogP contribution < -0.4 is 14.8 Å². The third-order valence-corrected chi connectivity index (χ3v) is 4.84. The molecule has 132 valence electrons. The first kappa shape index (κ1) is 17.9. The molecule has 0 aliphatic heterocycles. The first-order valence-electron chi connectivity index (χ1n) is 8.18. The summed E-state index contributed by atoms with van der Waals surface area (Å²) in [7, 11) is 1.60. The van der Waals surface area contributed by atoms with Gasteiger partial charge in [-0.3, -0.25) is 4.79 Å². The van der Waals surface area contributed by atoms with Gasteiger partial charge in [-0.1, -0.05) is 29.3 Å². The van der Waals surface area contributed by atoms with Crippen molar-refractivity contribution in [3.05, 3.63) is 52.0 Å². The zero-order valence-corrected chi connectivity index (χ0v) is 15.4. The van der Waals surface area contributed by atoms with Gasteiger partial charge in [-0.2, -0.15) is 0 Å². The van der Waals surface area contributed by atoms with E-state index in [1.54, 1.807) is 43.5 Å². The Morgan fingerprint density at radius 3 is 2.40 bits per heavy atom. The van der Waals surface area contributed by atoms with E-state index in [0.717, 1.165) is 12.8 Å². The highest BCUT2D eigenvalue weighted by Crippen LogP contribution is 2.34. The molecule has 1 amide bonds. The molecule has 0 bridgehead atoms. The van der Waals surface area contributed by atoms with Crippen molar-refractivity contribution < 1.29 is 14.3 Å². The normalized spacial score (nSPS) is 14.4. The summed E-state index contributed by atoms with van der Waals surface area (Å²) in [4.78, 5) is 12.5. The number of nitrogens with one attached hydrogen (secondary N) is 1. The SMILES string of the molecule is COc1ccc(NC(=O)c2c(Cl)cccc2Cl)cc1OC1CCCC1. The van der Waals surface area contributed by atoms with E-state index in [1.165, 1.54) is 12.8 Å². The van der Waals surface area contributed by atoms with Gasteiger partial charge >= 0.3 is 0 Å². The standard InChI is InChI=1S/C19H19Cl2NO3/c1-24-16-10-9-12(11-17(16)25-13-5-2-3-6-13)22-19(23)18-14(20)7-4-8-15(18)21/h4,7-11,13H,2-3,5-6H2,1H3,(H,22,23). The molecule has 0 spiro atoms. The molecule has 0 heterocycles. The van der Waals surface area contributed by atoms with E-state index in [0.29, 0.717) is 27.2 Å². The third-order valence-electron chi connectivity index (χ3n) is 4.21. The predicted molar refractivity (Wildman–Crippen MR) is 100 cm³/mol. The highest BCUT2D eigenvalue weighted by molar-refractivity contribution is 6.40.